The summed E-state index contributed by atoms with van der Waals surface area (Å²) in [6.45, 7) is 3.61. The number of anilines is 2. The van der Waals surface area contributed by atoms with Gasteiger partial charge in [0.05, 0.1) is 21.2 Å². The Bertz CT molecular complexity index is 1270. The molecule has 9 heteroatoms. The van der Waals surface area contributed by atoms with Crippen LogP contribution in [-0.2, 0) is 10.0 Å². The molecule has 1 saturated heterocycles. The Morgan fingerprint density at radius 1 is 0.970 bits per heavy atom. The number of aryl methyl sites for hydroxylation is 1. The third-order valence-electron chi connectivity index (χ3n) is 5.54. The van der Waals surface area contributed by atoms with E-state index in [1.807, 2.05) is 11.8 Å². The van der Waals surface area contributed by atoms with Gasteiger partial charge in [0, 0.05) is 31.9 Å². The summed E-state index contributed by atoms with van der Waals surface area (Å²) >= 11 is 6.28. The molecule has 6 nitrogen and oxygen atoms in total. The summed E-state index contributed by atoms with van der Waals surface area (Å²) in [5.74, 6) is -0.599. The highest BCUT2D eigenvalue weighted by Crippen LogP contribution is 2.26. The second kappa shape index (κ2) is 9.41. The van der Waals surface area contributed by atoms with Gasteiger partial charge in [-0.25, -0.2) is 12.8 Å². The first-order chi connectivity index (χ1) is 15.7. The average Bonchev–Trinajstić information content (AvgIpc) is 2.80. The third kappa shape index (κ3) is 5.12. The summed E-state index contributed by atoms with van der Waals surface area (Å²) in [6, 6.07) is 17.5. The monoisotopic (exact) mass is 487 g/mol. The van der Waals surface area contributed by atoms with Crippen molar-refractivity contribution in [1.82, 2.24) is 4.90 Å². The molecule has 0 radical (unpaired) electrons. The standard InChI is InChI=1S/C24H23ClFN3O3S/c1-17-6-9-19(10-7-17)33(31,32)27-18-8-11-21(25)20(16-18)24(30)29-14-12-28(13-15-29)23-5-3-2-4-22(23)26/h2-11,16,27H,12-15H2,1H3. The van der Waals surface area contributed by atoms with E-state index in [4.69, 9.17) is 11.6 Å². The van der Waals surface area contributed by atoms with E-state index in [1.165, 1.54) is 36.4 Å². The third-order valence-corrected chi connectivity index (χ3v) is 7.27. The van der Waals surface area contributed by atoms with Gasteiger partial charge in [0.2, 0.25) is 0 Å². The molecule has 1 N–H and O–H groups in total. The number of rotatable bonds is 5. The van der Waals surface area contributed by atoms with Gasteiger partial charge in [-0.05, 0) is 49.4 Å². The topological polar surface area (TPSA) is 69.7 Å². The number of hydrogen-bond donors (Lipinski definition) is 1. The molecule has 0 aromatic heterocycles. The van der Waals surface area contributed by atoms with Crippen molar-refractivity contribution in [2.75, 3.05) is 35.8 Å². The van der Waals surface area contributed by atoms with Crippen molar-refractivity contribution < 1.29 is 17.6 Å². The zero-order valence-corrected chi connectivity index (χ0v) is 19.5. The van der Waals surface area contributed by atoms with Crippen LogP contribution in [-0.4, -0.2) is 45.4 Å². The molecular weight excluding hydrogens is 465 g/mol. The quantitative estimate of drug-likeness (QED) is 0.573. The minimum Gasteiger partial charge on any atom is -0.366 e. The maximum Gasteiger partial charge on any atom is 0.261 e. The molecule has 0 bridgehead atoms. The minimum absolute atomic E-state index is 0.125. The van der Waals surface area contributed by atoms with E-state index in [-0.39, 0.29) is 32.9 Å². The number of nitrogens with one attached hydrogen (secondary N) is 1. The van der Waals surface area contributed by atoms with Gasteiger partial charge in [-0.3, -0.25) is 9.52 Å². The van der Waals surface area contributed by atoms with E-state index < -0.39 is 10.0 Å². The Balaban J connectivity index is 1.48. The first-order valence-electron chi connectivity index (χ1n) is 10.4. The maximum absolute atomic E-state index is 14.1. The summed E-state index contributed by atoms with van der Waals surface area (Å²) < 4.78 is 42.0. The molecule has 1 aliphatic heterocycles. The Labute approximate surface area is 197 Å². The highest BCUT2D eigenvalue weighted by atomic mass is 35.5. The molecule has 3 aromatic carbocycles. The second-order valence-corrected chi connectivity index (χ2v) is 9.93. The summed E-state index contributed by atoms with van der Waals surface area (Å²) in [5, 5.41) is 0.231. The summed E-state index contributed by atoms with van der Waals surface area (Å²) in [7, 11) is -3.81. The zero-order valence-electron chi connectivity index (χ0n) is 18.0. The Morgan fingerprint density at radius 2 is 1.64 bits per heavy atom. The van der Waals surface area contributed by atoms with E-state index in [9.17, 15) is 17.6 Å². The smallest absolute Gasteiger partial charge is 0.261 e. The average molecular weight is 488 g/mol. The number of piperazine rings is 1. The first-order valence-corrected chi connectivity index (χ1v) is 12.3. The van der Waals surface area contributed by atoms with Crippen LogP contribution in [0.25, 0.3) is 0 Å². The number of nitrogens with zero attached hydrogens (tertiary/aromatic N) is 2. The molecule has 0 spiro atoms. The fourth-order valence-corrected chi connectivity index (χ4v) is 4.96. The van der Waals surface area contributed by atoms with Crippen LogP contribution >= 0.6 is 11.6 Å². The van der Waals surface area contributed by atoms with Gasteiger partial charge < -0.3 is 9.80 Å². The number of benzene rings is 3. The number of halogens is 2. The molecule has 0 atom stereocenters. The number of hydrogen-bond acceptors (Lipinski definition) is 4. The molecule has 172 valence electrons. The van der Waals surface area contributed by atoms with Crippen LogP contribution in [0.15, 0.2) is 71.6 Å². The molecule has 0 unspecified atom stereocenters. The van der Waals surface area contributed by atoms with Crippen LogP contribution in [0.5, 0.6) is 0 Å². The maximum atomic E-state index is 14.1. The molecule has 1 fully saturated rings. The Morgan fingerprint density at radius 3 is 2.30 bits per heavy atom. The second-order valence-electron chi connectivity index (χ2n) is 7.84. The lowest BCUT2D eigenvalue weighted by molar-refractivity contribution is 0.0747. The molecule has 1 amide bonds. The van der Waals surface area contributed by atoms with Crippen LogP contribution in [0.3, 0.4) is 0 Å². The first kappa shape index (κ1) is 23.1. The largest absolute Gasteiger partial charge is 0.366 e. The van der Waals surface area contributed by atoms with E-state index in [1.54, 1.807) is 35.2 Å². The van der Waals surface area contributed by atoms with Crippen LogP contribution in [0.4, 0.5) is 15.8 Å². The van der Waals surface area contributed by atoms with Crippen molar-refractivity contribution in [3.63, 3.8) is 0 Å². The zero-order chi connectivity index (χ0) is 23.6. The molecule has 1 heterocycles. The lowest BCUT2D eigenvalue weighted by Gasteiger charge is -2.36. The van der Waals surface area contributed by atoms with Crippen molar-refractivity contribution in [2.45, 2.75) is 11.8 Å². The van der Waals surface area contributed by atoms with E-state index in [2.05, 4.69) is 4.72 Å². The van der Waals surface area contributed by atoms with Crippen LogP contribution in [0.2, 0.25) is 5.02 Å². The van der Waals surface area contributed by atoms with Crippen LogP contribution in [0.1, 0.15) is 15.9 Å². The SMILES string of the molecule is Cc1ccc(S(=O)(=O)Nc2ccc(Cl)c(C(=O)N3CCN(c4ccccc4F)CC3)c2)cc1. The number of amides is 1. The summed E-state index contributed by atoms with van der Waals surface area (Å²) in [5.41, 5.74) is 1.91. The van der Waals surface area contributed by atoms with Gasteiger partial charge >= 0.3 is 0 Å². The van der Waals surface area contributed by atoms with Crippen molar-refractivity contribution in [3.05, 3.63) is 88.7 Å². The molecular formula is C24H23ClFN3O3S. The van der Waals surface area contributed by atoms with Crippen molar-refractivity contribution in [1.29, 1.82) is 0 Å². The summed E-state index contributed by atoms with van der Waals surface area (Å²) in [4.78, 5) is 16.8. The van der Waals surface area contributed by atoms with Crippen molar-refractivity contribution >= 4 is 38.9 Å². The fourth-order valence-electron chi connectivity index (χ4n) is 3.71. The number of para-hydroxylation sites is 1. The highest BCUT2D eigenvalue weighted by molar-refractivity contribution is 7.92. The van der Waals surface area contributed by atoms with E-state index in [0.717, 1.165) is 5.56 Å². The number of carbonyl (C=O) groups excluding carboxylic acids is 1. The van der Waals surface area contributed by atoms with Gasteiger partial charge in [0.15, 0.2) is 0 Å². The highest BCUT2D eigenvalue weighted by Gasteiger charge is 2.25. The molecule has 3 aromatic rings. The molecule has 0 saturated carbocycles. The van der Waals surface area contributed by atoms with Gasteiger partial charge in [-0.2, -0.15) is 0 Å². The van der Waals surface area contributed by atoms with E-state index in [0.29, 0.717) is 31.9 Å². The van der Waals surface area contributed by atoms with Gasteiger partial charge in [-0.15, -0.1) is 0 Å². The molecule has 1 aliphatic rings. The van der Waals surface area contributed by atoms with Crippen LogP contribution < -0.4 is 9.62 Å². The minimum atomic E-state index is -3.81. The normalized spacial score (nSPS) is 14.3. The van der Waals surface area contributed by atoms with E-state index >= 15 is 0 Å². The van der Waals surface area contributed by atoms with Crippen molar-refractivity contribution in [2.24, 2.45) is 0 Å². The Kier molecular flexibility index (Phi) is 6.58. The van der Waals surface area contributed by atoms with Gasteiger partial charge in [0.25, 0.3) is 15.9 Å². The summed E-state index contributed by atoms with van der Waals surface area (Å²) in [6.07, 6.45) is 0. The van der Waals surface area contributed by atoms with Crippen LogP contribution in [0, 0.1) is 12.7 Å². The van der Waals surface area contributed by atoms with Gasteiger partial charge in [0.1, 0.15) is 5.82 Å². The molecule has 0 aliphatic carbocycles. The Hall–Kier alpha value is -3.10. The lowest BCUT2D eigenvalue weighted by Crippen LogP contribution is -2.49. The van der Waals surface area contributed by atoms with Crippen molar-refractivity contribution in [3.8, 4) is 0 Å². The van der Waals surface area contributed by atoms with Gasteiger partial charge in [-0.1, -0.05) is 41.4 Å². The number of carbonyl (C=O) groups is 1. The predicted molar refractivity (Wildman–Crippen MR) is 128 cm³/mol. The number of sulfonamides is 1. The lowest BCUT2D eigenvalue weighted by atomic mass is 10.1. The fraction of sp³-hybridized carbons (Fsp3) is 0.208. The molecule has 33 heavy (non-hydrogen) atoms. The predicted octanol–water partition coefficient (Wildman–Crippen LogP) is 4.55. The molecule has 4 rings (SSSR count).